The Balaban J connectivity index is 1.47. The van der Waals surface area contributed by atoms with Gasteiger partial charge in [0.2, 0.25) is 5.91 Å². The highest BCUT2D eigenvalue weighted by Gasteiger charge is 2.23. The summed E-state index contributed by atoms with van der Waals surface area (Å²) in [5, 5.41) is 6.28. The molecule has 4 heterocycles. The molecule has 8 heteroatoms. The van der Waals surface area contributed by atoms with Crippen LogP contribution in [0.15, 0.2) is 23.8 Å². The Kier molecular flexibility index (Phi) is 5.68. The normalized spacial score (nSPS) is 16.7. The van der Waals surface area contributed by atoms with Crippen LogP contribution in [-0.4, -0.2) is 49.6 Å². The first-order valence-electron chi connectivity index (χ1n) is 9.69. The predicted molar refractivity (Wildman–Crippen MR) is 107 cm³/mol. The third kappa shape index (κ3) is 4.07. The molecule has 1 aliphatic heterocycles. The Labute approximate surface area is 168 Å². The van der Waals surface area contributed by atoms with Gasteiger partial charge in [0.05, 0.1) is 12.6 Å². The maximum atomic E-state index is 13.1. The summed E-state index contributed by atoms with van der Waals surface area (Å²) >= 11 is 1.69. The average molecular weight is 400 g/mol. The van der Waals surface area contributed by atoms with E-state index in [9.17, 15) is 4.79 Å². The topological polar surface area (TPSA) is 72.6 Å². The van der Waals surface area contributed by atoms with E-state index in [-0.39, 0.29) is 12.0 Å². The van der Waals surface area contributed by atoms with Gasteiger partial charge < -0.3 is 9.64 Å². The van der Waals surface area contributed by atoms with Crippen molar-refractivity contribution in [3.8, 4) is 0 Å². The minimum Gasteiger partial charge on any atom is -0.376 e. The van der Waals surface area contributed by atoms with E-state index >= 15 is 0 Å². The number of fused-ring (bicyclic) bond motifs is 1. The van der Waals surface area contributed by atoms with Gasteiger partial charge in [-0.1, -0.05) is 6.07 Å². The lowest BCUT2D eigenvalue weighted by Crippen LogP contribution is -2.37. The van der Waals surface area contributed by atoms with Crippen LogP contribution in [-0.2, 0) is 22.5 Å². The van der Waals surface area contributed by atoms with Crippen LogP contribution in [0.3, 0.4) is 0 Å². The molecule has 0 aromatic carbocycles. The fourth-order valence-corrected chi connectivity index (χ4v) is 4.51. The van der Waals surface area contributed by atoms with Gasteiger partial charge in [0, 0.05) is 35.8 Å². The molecule has 1 unspecified atom stereocenters. The van der Waals surface area contributed by atoms with Gasteiger partial charge in [0.1, 0.15) is 6.33 Å². The van der Waals surface area contributed by atoms with Crippen molar-refractivity contribution >= 4 is 23.0 Å². The second kappa shape index (κ2) is 8.36. The highest BCUT2D eigenvalue weighted by molar-refractivity contribution is 7.09. The Morgan fingerprint density at radius 2 is 2.32 bits per heavy atom. The van der Waals surface area contributed by atoms with E-state index in [4.69, 9.17) is 4.74 Å². The highest BCUT2D eigenvalue weighted by Crippen LogP contribution is 2.20. The molecule has 3 aromatic rings. The van der Waals surface area contributed by atoms with E-state index in [2.05, 4.69) is 26.5 Å². The van der Waals surface area contributed by atoms with Crippen LogP contribution in [0.25, 0.3) is 5.78 Å². The Morgan fingerprint density at radius 1 is 1.43 bits per heavy atom. The summed E-state index contributed by atoms with van der Waals surface area (Å²) in [5.41, 5.74) is 2.98. The van der Waals surface area contributed by atoms with Gasteiger partial charge in [-0.2, -0.15) is 10.1 Å². The molecule has 148 valence electrons. The molecular formula is C20H25N5O2S. The van der Waals surface area contributed by atoms with Gasteiger partial charge in [0.25, 0.3) is 5.78 Å². The van der Waals surface area contributed by atoms with Gasteiger partial charge >= 0.3 is 0 Å². The lowest BCUT2D eigenvalue weighted by Gasteiger charge is -2.25. The van der Waals surface area contributed by atoms with Crippen molar-refractivity contribution in [3.63, 3.8) is 0 Å². The number of hydrogen-bond donors (Lipinski definition) is 0. The van der Waals surface area contributed by atoms with Crippen LogP contribution >= 0.6 is 11.3 Å². The maximum Gasteiger partial charge on any atom is 0.252 e. The molecule has 0 saturated carbocycles. The summed E-state index contributed by atoms with van der Waals surface area (Å²) in [7, 11) is 0. The number of aromatic nitrogens is 4. The zero-order valence-electron chi connectivity index (χ0n) is 16.3. The highest BCUT2D eigenvalue weighted by atomic mass is 32.1. The molecule has 28 heavy (non-hydrogen) atoms. The van der Waals surface area contributed by atoms with Crippen molar-refractivity contribution in [1.29, 1.82) is 0 Å². The third-order valence-electron chi connectivity index (χ3n) is 5.31. The third-order valence-corrected chi connectivity index (χ3v) is 6.17. The molecule has 3 aromatic heterocycles. The minimum atomic E-state index is 0.153. The van der Waals surface area contributed by atoms with Crippen LogP contribution in [0.4, 0.5) is 0 Å². The quantitative estimate of drug-likeness (QED) is 0.611. The molecular weight excluding hydrogens is 374 g/mol. The minimum absolute atomic E-state index is 0.153. The van der Waals surface area contributed by atoms with Crippen molar-refractivity contribution in [3.05, 3.63) is 45.7 Å². The molecule has 0 radical (unpaired) electrons. The zero-order chi connectivity index (χ0) is 19.5. The molecule has 1 atom stereocenters. The summed E-state index contributed by atoms with van der Waals surface area (Å²) in [6.45, 7) is 6.08. The standard InChI is InChI=1S/C20H25N5O2S/c1-14-18(15(2)25-20(23-14)21-13-22-25)7-8-19(26)24(11-16-5-3-9-27-16)12-17-6-4-10-28-17/h4,6,10,13,16H,3,5,7-9,11-12H2,1-2H3. The summed E-state index contributed by atoms with van der Waals surface area (Å²) in [6, 6.07) is 4.11. The second-order valence-corrected chi connectivity index (χ2v) is 8.25. The number of ether oxygens (including phenoxy) is 1. The Morgan fingerprint density at radius 3 is 3.07 bits per heavy atom. The van der Waals surface area contributed by atoms with E-state index in [0.29, 0.717) is 31.7 Å². The van der Waals surface area contributed by atoms with E-state index in [1.54, 1.807) is 15.9 Å². The molecule has 1 aliphatic rings. The largest absolute Gasteiger partial charge is 0.376 e. The lowest BCUT2D eigenvalue weighted by atomic mass is 10.1. The van der Waals surface area contributed by atoms with Crippen LogP contribution in [0.5, 0.6) is 0 Å². The molecule has 0 N–H and O–H groups in total. The molecule has 7 nitrogen and oxygen atoms in total. The summed E-state index contributed by atoms with van der Waals surface area (Å²) in [4.78, 5) is 24.9. The molecule has 0 bridgehead atoms. The van der Waals surface area contributed by atoms with Crippen LogP contribution < -0.4 is 0 Å². The van der Waals surface area contributed by atoms with E-state index < -0.39 is 0 Å². The lowest BCUT2D eigenvalue weighted by molar-refractivity contribution is -0.133. The molecule has 4 rings (SSSR count). The van der Waals surface area contributed by atoms with Crippen LogP contribution in [0.2, 0.25) is 0 Å². The van der Waals surface area contributed by atoms with Crippen molar-refractivity contribution in [1.82, 2.24) is 24.5 Å². The zero-order valence-corrected chi connectivity index (χ0v) is 17.1. The summed E-state index contributed by atoms with van der Waals surface area (Å²) in [5.74, 6) is 0.754. The molecule has 0 aliphatic carbocycles. The molecule has 1 fully saturated rings. The number of aryl methyl sites for hydroxylation is 2. The monoisotopic (exact) mass is 399 g/mol. The fourth-order valence-electron chi connectivity index (χ4n) is 3.79. The first-order chi connectivity index (χ1) is 13.6. The van der Waals surface area contributed by atoms with E-state index in [1.807, 2.05) is 24.8 Å². The van der Waals surface area contributed by atoms with Gasteiger partial charge in [-0.15, -0.1) is 11.3 Å². The number of amides is 1. The summed E-state index contributed by atoms with van der Waals surface area (Å²) < 4.78 is 7.51. The number of rotatable bonds is 7. The fraction of sp³-hybridized carbons (Fsp3) is 0.500. The van der Waals surface area contributed by atoms with Gasteiger partial charge in [-0.3, -0.25) is 4.79 Å². The number of carbonyl (C=O) groups is 1. The van der Waals surface area contributed by atoms with Gasteiger partial charge in [-0.05, 0) is 50.1 Å². The average Bonchev–Trinajstić information content (AvgIpc) is 3.43. The van der Waals surface area contributed by atoms with E-state index in [1.165, 1.54) is 11.2 Å². The number of thiophene rings is 1. The smallest absolute Gasteiger partial charge is 0.252 e. The Bertz CT molecular complexity index is 947. The van der Waals surface area contributed by atoms with Crippen LogP contribution in [0, 0.1) is 13.8 Å². The predicted octanol–water partition coefficient (Wildman–Crippen LogP) is 2.94. The Hall–Kier alpha value is -2.32. The number of nitrogens with zero attached hydrogens (tertiary/aromatic N) is 5. The van der Waals surface area contributed by atoms with Crippen molar-refractivity contribution in [2.75, 3.05) is 13.2 Å². The SMILES string of the molecule is Cc1nc2ncnn2c(C)c1CCC(=O)N(Cc1cccs1)CC1CCCO1. The van der Waals surface area contributed by atoms with Gasteiger partial charge in [-0.25, -0.2) is 9.50 Å². The second-order valence-electron chi connectivity index (χ2n) is 7.22. The van der Waals surface area contributed by atoms with Crippen molar-refractivity contribution in [2.45, 2.75) is 52.2 Å². The van der Waals surface area contributed by atoms with Gasteiger partial charge in [0.15, 0.2) is 0 Å². The molecule has 1 amide bonds. The van der Waals surface area contributed by atoms with Crippen LogP contribution in [0.1, 0.15) is 41.1 Å². The van der Waals surface area contributed by atoms with E-state index in [0.717, 1.165) is 36.4 Å². The maximum absolute atomic E-state index is 13.1. The first-order valence-corrected chi connectivity index (χ1v) is 10.6. The number of hydrogen-bond acceptors (Lipinski definition) is 6. The number of carbonyl (C=O) groups excluding carboxylic acids is 1. The molecule has 1 saturated heterocycles. The first kappa shape index (κ1) is 19.0. The van der Waals surface area contributed by atoms with Crippen molar-refractivity contribution < 1.29 is 9.53 Å². The van der Waals surface area contributed by atoms with Crippen molar-refractivity contribution in [2.24, 2.45) is 0 Å². The summed E-state index contributed by atoms with van der Waals surface area (Å²) in [6.07, 6.45) is 4.86. The molecule has 0 spiro atoms.